The van der Waals surface area contributed by atoms with Crippen molar-refractivity contribution in [1.82, 2.24) is 19.5 Å². The first kappa shape index (κ1) is 19.8. The quantitative estimate of drug-likeness (QED) is 0.411. The van der Waals surface area contributed by atoms with Gasteiger partial charge in [0.05, 0.1) is 29.1 Å². The van der Waals surface area contributed by atoms with E-state index in [2.05, 4.69) is 44.3 Å². The van der Waals surface area contributed by atoms with Crippen LogP contribution in [0.5, 0.6) is 0 Å². The molecule has 1 fully saturated rings. The van der Waals surface area contributed by atoms with E-state index in [4.69, 9.17) is 4.42 Å². The van der Waals surface area contributed by atoms with E-state index in [1.165, 1.54) is 29.8 Å². The molecular weight excluding hydrogens is 417 g/mol. The molecule has 0 N–H and O–H groups in total. The number of aryl methyl sites for hydroxylation is 1. The zero-order chi connectivity index (χ0) is 22.4. The summed E-state index contributed by atoms with van der Waals surface area (Å²) in [6.07, 6.45) is 12.8. The molecule has 4 heterocycles. The number of hydrogen-bond donors (Lipinski definition) is 0. The molecule has 166 valence electrons. The van der Waals surface area contributed by atoms with Crippen molar-refractivity contribution >= 4 is 22.9 Å². The number of hydrazine groups is 1. The van der Waals surface area contributed by atoms with E-state index in [0.29, 0.717) is 0 Å². The van der Waals surface area contributed by atoms with Gasteiger partial charge in [0, 0.05) is 24.8 Å². The van der Waals surface area contributed by atoms with Gasteiger partial charge in [-0.05, 0) is 74.2 Å². The monoisotopic (exact) mass is 441 g/mol. The minimum absolute atomic E-state index is 0.212. The van der Waals surface area contributed by atoms with Gasteiger partial charge in [0.1, 0.15) is 11.3 Å². The van der Waals surface area contributed by atoms with Crippen molar-refractivity contribution in [3.05, 3.63) is 89.7 Å². The lowest BCUT2D eigenvalue weighted by Gasteiger charge is -2.45. The molecule has 0 aliphatic carbocycles. The Hall–Kier alpha value is -3.87. The third-order valence-electron chi connectivity index (χ3n) is 6.33. The largest absolute Gasteiger partial charge is 0.443 e. The summed E-state index contributed by atoms with van der Waals surface area (Å²) in [6.45, 7) is 3.79. The molecule has 0 bridgehead atoms. The van der Waals surface area contributed by atoms with Gasteiger partial charge in [0.2, 0.25) is 0 Å². The van der Waals surface area contributed by atoms with Gasteiger partial charge in [-0.25, -0.2) is 14.4 Å². The fourth-order valence-corrected chi connectivity index (χ4v) is 4.81. The fourth-order valence-electron chi connectivity index (χ4n) is 4.81. The molecule has 33 heavy (non-hydrogen) atoms. The zero-order valence-corrected chi connectivity index (χ0v) is 18.4. The smallest absolute Gasteiger partial charge is 0.182 e. The number of aromatic nitrogens is 3. The molecule has 1 saturated heterocycles. The average Bonchev–Trinajstić information content (AvgIpc) is 3.49. The molecule has 4 aromatic rings. The first-order valence-corrected chi connectivity index (χ1v) is 11.3. The van der Waals surface area contributed by atoms with Crippen LogP contribution in [0.4, 0.5) is 10.1 Å². The fraction of sp³-hybridized carbons (Fsp3) is 0.231. The van der Waals surface area contributed by atoms with Crippen LogP contribution in [0.1, 0.15) is 30.5 Å². The number of rotatable bonds is 3. The van der Waals surface area contributed by atoms with Crippen LogP contribution >= 0.6 is 0 Å². The predicted molar refractivity (Wildman–Crippen MR) is 126 cm³/mol. The van der Waals surface area contributed by atoms with E-state index in [1.807, 2.05) is 29.8 Å². The maximum atomic E-state index is 13.5. The standard InChI is InChI=1S/C26H24FN5O/c1-18-15-30(16-28-18)24-11-6-20(26-25(24)29-17-33-26)14-19-4-2-13-32-23(19)5-3-12-31(32)22-9-7-21(27)8-10-22/h5-11,14-17H,2-4,12-13H2,1H3. The van der Waals surface area contributed by atoms with Crippen LogP contribution in [0.25, 0.3) is 22.9 Å². The summed E-state index contributed by atoms with van der Waals surface area (Å²) in [5.41, 5.74) is 8.02. The van der Waals surface area contributed by atoms with Crippen LogP contribution in [-0.4, -0.2) is 32.6 Å². The number of hydrogen-bond acceptors (Lipinski definition) is 5. The van der Waals surface area contributed by atoms with E-state index in [0.717, 1.165) is 66.1 Å². The van der Waals surface area contributed by atoms with E-state index in [1.54, 1.807) is 6.33 Å². The van der Waals surface area contributed by atoms with Gasteiger partial charge < -0.3 is 8.98 Å². The van der Waals surface area contributed by atoms with Crippen LogP contribution in [0.2, 0.25) is 0 Å². The molecule has 2 aliphatic heterocycles. The number of oxazole rings is 1. The summed E-state index contributed by atoms with van der Waals surface area (Å²) in [5, 5.41) is 4.59. The Balaban J connectivity index is 1.37. The highest BCUT2D eigenvalue weighted by molar-refractivity contribution is 5.90. The number of nitrogens with zero attached hydrogens (tertiary/aromatic N) is 5. The topological polar surface area (TPSA) is 50.3 Å². The second-order valence-electron chi connectivity index (χ2n) is 8.50. The molecule has 0 spiro atoms. The third kappa shape index (κ3) is 3.50. The number of fused-ring (bicyclic) bond motifs is 2. The van der Waals surface area contributed by atoms with Gasteiger partial charge in [-0.2, -0.15) is 0 Å². The van der Waals surface area contributed by atoms with Crippen molar-refractivity contribution in [3.63, 3.8) is 0 Å². The molecule has 0 amide bonds. The molecule has 0 saturated carbocycles. The highest BCUT2D eigenvalue weighted by Crippen LogP contribution is 2.36. The summed E-state index contributed by atoms with van der Waals surface area (Å²) in [7, 11) is 0. The van der Waals surface area contributed by atoms with Crippen molar-refractivity contribution < 1.29 is 8.81 Å². The Kier molecular flexibility index (Phi) is 4.75. The van der Waals surface area contributed by atoms with Crippen molar-refractivity contribution in [2.24, 2.45) is 0 Å². The van der Waals surface area contributed by atoms with Crippen LogP contribution < -0.4 is 5.01 Å². The van der Waals surface area contributed by atoms with Gasteiger partial charge in [-0.3, -0.25) is 10.0 Å². The SMILES string of the molecule is Cc1cn(-c2ccc(C=C3CCCN4C3=CCCN4c3ccc(F)cc3)c3ocnc23)cn1. The summed E-state index contributed by atoms with van der Waals surface area (Å²) in [6, 6.07) is 10.9. The summed E-state index contributed by atoms with van der Waals surface area (Å²) in [5.74, 6) is -0.212. The van der Waals surface area contributed by atoms with Crippen molar-refractivity contribution in [2.75, 3.05) is 18.1 Å². The van der Waals surface area contributed by atoms with E-state index in [-0.39, 0.29) is 5.82 Å². The summed E-state index contributed by atoms with van der Waals surface area (Å²) in [4.78, 5) is 8.83. The Morgan fingerprint density at radius 2 is 1.91 bits per heavy atom. The lowest BCUT2D eigenvalue weighted by molar-refractivity contribution is 0.282. The highest BCUT2D eigenvalue weighted by Gasteiger charge is 2.28. The molecule has 0 unspecified atom stereocenters. The lowest BCUT2D eigenvalue weighted by atomic mass is 9.96. The third-order valence-corrected chi connectivity index (χ3v) is 6.33. The van der Waals surface area contributed by atoms with E-state index >= 15 is 0 Å². The van der Waals surface area contributed by atoms with Crippen molar-refractivity contribution in [1.29, 1.82) is 0 Å². The Labute approximate surface area is 191 Å². The molecule has 2 aliphatic rings. The molecule has 6 nitrogen and oxygen atoms in total. The highest BCUT2D eigenvalue weighted by atomic mass is 19.1. The number of halogens is 1. The average molecular weight is 442 g/mol. The number of piperidine rings is 1. The van der Waals surface area contributed by atoms with Crippen LogP contribution in [0.15, 0.2) is 77.1 Å². The number of anilines is 1. The minimum atomic E-state index is -0.212. The Bertz CT molecular complexity index is 1380. The first-order chi connectivity index (χ1) is 16.2. The molecule has 2 aromatic heterocycles. The molecular formula is C26H24FN5O. The number of benzene rings is 2. The summed E-state index contributed by atoms with van der Waals surface area (Å²) < 4.78 is 21.3. The molecule has 6 rings (SSSR count). The van der Waals surface area contributed by atoms with Gasteiger partial charge >= 0.3 is 0 Å². The maximum absolute atomic E-state index is 13.5. The number of imidazole rings is 1. The van der Waals surface area contributed by atoms with Crippen molar-refractivity contribution in [2.45, 2.75) is 26.2 Å². The molecule has 7 heteroatoms. The van der Waals surface area contributed by atoms with Gasteiger partial charge in [-0.1, -0.05) is 6.08 Å². The second kappa shape index (κ2) is 7.92. The van der Waals surface area contributed by atoms with Gasteiger partial charge in [0.15, 0.2) is 12.0 Å². The molecule has 0 atom stereocenters. The lowest BCUT2D eigenvalue weighted by Crippen LogP contribution is -2.47. The van der Waals surface area contributed by atoms with Crippen LogP contribution in [0.3, 0.4) is 0 Å². The van der Waals surface area contributed by atoms with Gasteiger partial charge in [-0.15, -0.1) is 0 Å². The van der Waals surface area contributed by atoms with E-state index < -0.39 is 0 Å². The Morgan fingerprint density at radius 1 is 1.03 bits per heavy atom. The van der Waals surface area contributed by atoms with Crippen LogP contribution in [-0.2, 0) is 0 Å². The second-order valence-corrected chi connectivity index (χ2v) is 8.50. The molecule has 2 aromatic carbocycles. The number of allylic oxidation sites excluding steroid dienone is 1. The Morgan fingerprint density at radius 3 is 2.73 bits per heavy atom. The van der Waals surface area contributed by atoms with E-state index in [9.17, 15) is 4.39 Å². The van der Waals surface area contributed by atoms with Crippen LogP contribution in [0, 0.1) is 12.7 Å². The van der Waals surface area contributed by atoms with Gasteiger partial charge in [0.25, 0.3) is 0 Å². The minimum Gasteiger partial charge on any atom is -0.443 e. The zero-order valence-electron chi connectivity index (χ0n) is 18.4. The maximum Gasteiger partial charge on any atom is 0.182 e. The molecule has 0 radical (unpaired) electrons. The summed E-state index contributed by atoms with van der Waals surface area (Å²) >= 11 is 0. The van der Waals surface area contributed by atoms with Crippen molar-refractivity contribution in [3.8, 4) is 5.69 Å². The first-order valence-electron chi connectivity index (χ1n) is 11.3. The predicted octanol–water partition coefficient (Wildman–Crippen LogP) is 5.65. The normalized spacial score (nSPS) is 17.5.